The van der Waals surface area contributed by atoms with Gasteiger partial charge in [0.15, 0.2) is 0 Å². The third kappa shape index (κ3) is 3.70. The fraction of sp³-hybridized carbons (Fsp3) is 0.667. The largest absolute Gasteiger partial charge is 0.359 e. The first kappa shape index (κ1) is 13.3. The zero-order valence-electron chi connectivity index (χ0n) is 11.8. The van der Waals surface area contributed by atoms with Crippen LogP contribution in [-0.2, 0) is 0 Å². The maximum absolute atomic E-state index is 4.57. The Hall–Kier alpha value is -1.09. The fourth-order valence-corrected chi connectivity index (χ4v) is 2.14. The van der Waals surface area contributed by atoms with Crippen molar-refractivity contribution in [2.75, 3.05) is 25.0 Å². The van der Waals surface area contributed by atoms with Crippen LogP contribution < -0.4 is 10.2 Å². The van der Waals surface area contributed by atoms with Gasteiger partial charge in [-0.2, -0.15) is 0 Å². The molecule has 1 fully saturated rings. The van der Waals surface area contributed by atoms with Gasteiger partial charge in [0.25, 0.3) is 0 Å². The average molecular weight is 247 g/mol. The van der Waals surface area contributed by atoms with E-state index in [2.05, 4.69) is 48.2 Å². The maximum atomic E-state index is 4.57. The van der Waals surface area contributed by atoms with Crippen molar-refractivity contribution in [2.45, 2.75) is 39.2 Å². The third-order valence-corrected chi connectivity index (χ3v) is 3.59. The minimum Gasteiger partial charge on any atom is -0.359 e. The van der Waals surface area contributed by atoms with Gasteiger partial charge < -0.3 is 10.2 Å². The molecule has 1 atom stereocenters. The molecular formula is C15H25N3. The average Bonchev–Trinajstić information content (AvgIpc) is 3.20. The molecule has 1 N–H and O–H groups in total. The first-order valence-electron chi connectivity index (χ1n) is 7.11. The summed E-state index contributed by atoms with van der Waals surface area (Å²) in [5.74, 6) is 2.00. The highest BCUT2D eigenvalue weighted by Gasteiger charge is 2.23. The molecule has 1 heterocycles. The molecule has 0 aliphatic heterocycles. The van der Waals surface area contributed by atoms with Crippen molar-refractivity contribution < 1.29 is 0 Å². The summed E-state index contributed by atoms with van der Waals surface area (Å²) in [7, 11) is 2.14. The van der Waals surface area contributed by atoms with Gasteiger partial charge in [-0.05, 0) is 50.3 Å². The van der Waals surface area contributed by atoms with Crippen molar-refractivity contribution in [1.29, 1.82) is 0 Å². The number of aromatic nitrogens is 1. The standard InChI is InChI=1S/C15H25N3/c1-4-9-16-12(2)14-7-8-15(17-10-14)18(3)11-13-5-6-13/h7-8,10,12-13,16H,4-6,9,11H2,1-3H3. The molecule has 0 aromatic carbocycles. The molecule has 3 heteroatoms. The summed E-state index contributed by atoms with van der Waals surface area (Å²) in [6, 6.07) is 4.72. The Bertz CT molecular complexity index is 357. The van der Waals surface area contributed by atoms with E-state index in [0.717, 1.165) is 24.8 Å². The summed E-state index contributed by atoms with van der Waals surface area (Å²) < 4.78 is 0. The Kier molecular flexibility index (Phi) is 4.59. The summed E-state index contributed by atoms with van der Waals surface area (Å²) in [4.78, 5) is 6.84. The molecule has 0 saturated heterocycles. The predicted octanol–water partition coefficient (Wildman–Crippen LogP) is 2.99. The van der Waals surface area contributed by atoms with Gasteiger partial charge in [-0.15, -0.1) is 0 Å². The first-order valence-corrected chi connectivity index (χ1v) is 7.11. The molecule has 0 radical (unpaired) electrons. The molecule has 2 rings (SSSR count). The zero-order valence-corrected chi connectivity index (χ0v) is 11.8. The van der Waals surface area contributed by atoms with E-state index in [1.54, 1.807) is 0 Å². The van der Waals surface area contributed by atoms with E-state index in [9.17, 15) is 0 Å². The van der Waals surface area contributed by atoms with Crippen molar-refractivity contribution in [3.8, 4) is 0 Å². The van der Waals surface area contributed by atoms with E-state index in [-0.39, 0.29) is 0 Å². The van der Waals surface area contributed by atoms with Crippen LogP contribution in [-0.4, -0.2) is 25.1 Å². The van der Waals surface area contributed by atoms with Crippen LogP contribution in [0.3, 0.4) is 0 Å². The van der Waals surface area contributed by atoms with Crippen molar-refractivity contribution in [1.82, 2.24) is 10.3 Å². The van der Waals surface area contributed by atoms with Crippen LogP contribution in [0.15, 0.2) is 18.3 Å². The van der Waals surface area contributed by atoms with Gasteiger partial charge in [0.05, 0.1) is 0 Å². The molecule has 1 aromatic heterocycles. The van der Waals surface area contributed by atoms with Gasteiger partial charge in [-0.1, -0.05) is 13.0 Å². The van der Waals surface area contributed by atoms with Crippen LogP contribution in [0.4, 0.5) is 5.82 Å². The Morgan fingerprint density at radius 3 is 2.78 bits per heavy atom. The molecule has 1 aliphatic rings. The monoisotopic (exact) mass is 247 g/mol. The van der Waals surface area contributed by atoms with Gasteiger partial charge in [0, 0.05) is 25.8 Å². The number of rotatable bonds is 7. The molecule has 1 saturated carbocycles. The molecule has 0 amide bonds. The minimum atomic E-state index is 0.389. The Morgan fingerprint density at radius 1 is 1.44 bits per heavy atom. The van der Waals surface area contributed by atoms with E-state index < -0.39 is 0 Å². The number of nitrogens with one attached hydrogen (secondary N) is 1. The topological polar surface area (TPSA) is 28.2 Å². The Labute approximate surface area is 111 Å². The molecule has 1 unspecified atom stereocenters. The van der Waals surface area contributed by atoms with E-state index in [0.29, 0.717) is 6.04 Å². The van der Waals surface area contributed by atoms with Crippen LogP contribution in [0.1, 0.15) is 44.7 Å². The van der Waals surface area contributed by atoms with Crippen LogP contribution in [0.5, 0.6) is 0 Å². The van der Waals surface area contributed by atoms with Crippen molar-refractivity contribution in [3.63, 3.8) is 0 Å². The first-order chi connectivity index (χ1) is 8.70. The molecule has 100 valence electrons. The smallest absolute Gasteiger partial charge is 0.128 e. The SMILES string of the molecule is CCCNC(C)c1ccc(N(C)CC2CC2)nc1. The second-order valence-corrected chi connectivity index (χ2v) is 5.45. The fourth-order valence-electron chi connectivity index (χ4n) is 2.14. The maximum Gasteiger partial charge on any atom is 0.128 e. The van der Waals surface area contributed by atoms with Crippen molar-refractivity contribution in [3.05, 3.63) is 23.9 Å². The van der Waals surface area contributed by atoms with Crippen LogP contribution in [0, 0.1) is 5.92 Å². The van der Waals surface area contributed by atoms with Gasteiger partial charge in [0.2, 0.25) is 0 Å². The second-order valence-electron chi connectivity index (χ2n) is 5.45. The molecule has 1 aromatic rings. The number of hydrogen-bond acceptors (Lipinski definition) is 3. The van der Waals surface area contributed by atoms with E-state index >= 15 is 0 Å². The summed E-state index contributed by atoms with van der Waals surface area (Å²) in [6.45, 7) is 6.59. The lowest BCUT2D eigenvalue weighted by atomic mass is 10.1. The van der Waals surface area contributed by atoms with Gasteiger partial charge in [0.1, 0.15) is 5.82 Å². The quantitative estimate of drug-likeness (QED) is 0.803. The number of pyridine rings is 1. The third-order valence-electron chi connectivity index (χ3n) is 3.59. The van der Waals surface area contributed by atoms with Gasteiger partial charge in [-0.25, -0.2) is 4.98 Å². The Morgan fingerprint density at radius 2 is 2.22 bits per heavy atom. The molecular weight excluding hydrogens is 222 g/mol. The van der Waals surface area contributed by atoms with Gasteiger partial charge >= 0.3 is 0 Å². The number of anilines is 1. The molecule has 0 spiro atoms. The van der Waals surface area contributed by atoms with Crippen LogP contribution in [0.2, 0.25) is 0 Å². The lowest BCUT2D eigenvalue weighted by Crippen LogP contribution is -2.22. The normalized spacial score (nSPS) is 16.6. The van der Waals surface area contributed by atoms with Gasteiger partial charge in [-0.3, -0.25) is 0 Å². The minimum absolute atomic E-state index is 0.389. The second kappa shape index (κ2) is 6.19. The van der Waals surface area contributed by atoms with Crippen LogP contribution >= 0.6 is 0 Å². The zero-order chi connectivity index (χ0) is 13.0. The molecule has 0 bridgehead atoms. The molecule has 3 nitrogen and oxygen atoms in total. The summed E-state index contributed by atoms with van der Waals surface area (Å²) in [5, 5.41) is 3.49. The predicted molar refractivity (Wildman–Crippen MR) is 76.9 cm³/mol. The number of nitrogens with zero attached hydrogens (tertiary/aromatic N) is 2. The van der Waals surface area contributed by atoms with Crippen molar-refractivity contribution in [2.24, 2.45) is 5.92 Å². The van der Waals surface area contributed by atoms with E-state index in [4.69, 9.17) is 0 Å². The lowest BCUT2D eigenvalue weighted by Gasteiger charge is -2.19. The lowest BCUT2D eigenvalue weighted by molar-refractivity contribution is 0.569. The van der Waals surface area contributed by atoms with E-state index in [1.165, 1.54) is 24.8 Å². The summed E-state index contributed by atoms with van der Waals surface area (Å²) >= 11 is 0. The molecule has 1 aliphatic carbocycles. The van der Waals surface area contributed by atoms with Crippen LogP contribution in [0.25, 0.3) is 0 Å². The highest BCUT2D eigenvalue weighted by molar-refractivity contribution is 5.39. The van der Waals surface area contributed by atoms with Crippen molar-refractivity contribution >= 4 is 5.82 Å². The highest BCUT2D eigenvalue weighted by Crippen LogP contribution is 2.30. The Balaban J connectivity index is 1.91. The number of hydrogen-bond donors (Lipinski definition) is 1. The highest BCUT2D eigenvalue weighted by atomic mass is 15.2. The van der Waals surface area contributed by atoms with E-state index in [1.807, 2.05) is 6.20 Å². The summed E-state index contributed by atoms with van der Waals surface area (Å²) in [5.41, 5.74) is 1.27. The summed E-state index contributed by atoms with van der Waals surface area (Å²) in [6.07, 6.45) is 5.95. The molecule has 18 heavy (non-hydrogen) atoms.